The lowest BCUT2D eigenvalue weighted by Gasteiger charge is -2.61. The standard InChI is InChI=1S/C27H39N3O2/c1-18-8-12-27(17-32-3)19(14-18)4-5-21-22-6-7-24(26(22,2)11-9-23(21)27)25(31)16-30-13-10-20(15-28)29-30/h10,13,18-19,21-24H,4-9,11-12,14,16-17H2,1-3H3/t18?,19?,21?,22?,23?,24-,26?,27?/m1/s1. The summed E-state index contributed by atoms with van der Waals surface area (Å²) in [5.41, 5.74) is 0.874. The molecule has 0 aromatic carbocycles. The molecule has 5 heteroatoms. The highest BCUT2D eigenvalue weighted by molar-refractivity contribution is 5.82. The maximum Gasteiger partial charge on any atom is 0.162 e. The van der Waals surface area contributed by atoms with Crippen LogP contribution >= 0.6 is 0 Å². The zero-order chi connectivity index (χ0) is 22.5. The van der Waals surface area contributed by atoms with E-state index in [2.05, 4.69) is 25.0 Å². The third-order valence-electron chi connectivity index (χ3n) is 10.5. The summed E-state index contributed by atoms with van der Waals surface area (Å²) in [4.78, 5) is 13.4. The molecule has 0 spiro atoms. The first-order valence-electron chi connectivity index (χ1n) is 12.9. The molecule has 0 radical (unpaired) electrons. The number of nitrogens with zero attached hydrogens (tertiary/aromatic N) is 3. The van der Waals surface area contributed by atoms with E-state index in [1.807, 2.05) is 7.11 Å². The molecule has 7 unspecified atom stereocenters. The van der Waals surface area contributed by atoms with Crippen LogP contribution in [0.5, 0.6) is 0 Å². The Morgan fingerprint density at radius 2 is 2.06 bits per heavy atom. The number of aromatic nitrogens is 2. The summed E-state index contributed by atoms with van der Waals surface area (Å²) in [6, 6.07) is 3.75. The summed E-state index contributed by atoms with van der Waals surface area (Å²) in [5, 5.41) is 13.3. The summed E-state index contributed by atoms with van der Waals surface area (Å²) in [6.45, 7) is 6.09. The fourth-order valence-corrected chi connectivity index (χ4v) is 9.12. The average Bonchev–Trinajstić information content (AvgIpc) is 3.37. The van der Waals surface area contributed by atoms with E-state index >= 15 is 0 Å². The predicted octanol–water partition coefficient (Wildman–Crippen LogP) is 5.25. The zero-order valence-electron chi connectivity index (χ0n) is 20.1. The minimum Gasteiger partial charge on any atom is -0.384 e. The number of ether oxygens (including phenoxy) is 1. The van der Waals surface area contributed by atoms with Crippen molar-refractivity contribution in [3.05, 3.63) is 18.0 Å². The molecule has 174 valence electrons. The van der Waals surface area contributed by atoms with E-state index in [9.17, 15) is 4.79 Å². The van der Waals surface area contributed by atoms with Crippen molar-refractivity contribution < 1.29 is 9.53 Å². The van der Waals surface area contributed by atoms with Crippen molar-refractivity contribution in [1.82, 2.24) is 9.78 Å². The van der Waals surface area contributed by atoms with Crippen molar-refractivity contribution in [3.8, 4) is 6.07 Å². The molecule has 4 aliphatic rings. The Morgan fingerprint density at radius 3 is 2.81 bits per heavy atom. The lowest BCUT2D eigenvalue weighted by molar-refractivity contribution is -0.154. The van der Waals surface area contributed by atoms with Gasteiger partial charge in [0, 0.05) is 19.2 Å². The summed E-state index contributed by atoms with van der Waals surface area (Å²) >= 11 is 0. The Morgan fingerprint density at radius 1 is 1.22 bits per heavy atom. The minimum atomic E-state index is 0.118. The maximum atomic E-state index is 13.4. The van der Waals surface area contributed by atoms with E-state index in [1.165, 1.54) is 51.4 Å². The fourth-order valence-electron chi connectivity index (χ4n) is 9.12. The summed E-state index contributed by atoms with van der Waals surface area (Å²) in [6.07, 6.45) is 13.2. The van der Waals surface area contributed by atoms with Gasteiger partial charge in [0.05, 0.1) is 13.2 Å². The van der Waals surface area contributed by atoms with Crippen LogP contribution in [0, 0.1) is 57.7 Å². The summed E-state index contributed by atoms with van der Waals surface area (Å²) in [5.74, 6) is 4.30. The van der Waals surface area contributed by atoms with Crippen LogP contribution in [0.2, 0.25) is 0 Å². The van der Waals surface area contributed by atoms with Crippen LogP contribution in [-0.2, 0) is 16.1 Å². The summed E-state index contributed by atoms with van der Waals surface area (Å²) in [7, 11) is 1.90. The quantitative estimate of drug-likeness (QED) is 0.631. The number of Topliss-reactive ketones (excluding diaryl/α,β-unsaturated/α-hetero) is 1. The molecule has 5 rings (SSSR count). The SMILES string of the molecule is COCC12CCC(C)CC1CCC1C2CCC2(C)C1CC[C@@H]2C(=O)Cn1ccc(C#N)n1. The molecule has 0 amide bonds. The topological polar surface area (TPSA) is 67.9 Å². The van der Waals surface area contributed by atoms with Crippen molar-refractivity contribution in [2.45, 2.75) is 78.2 Å². The van der Waals surface area contributed by atoms with Crippen LogP contribution in [0.1, 0.15) is 77.3 Å². The number of nitriles is 1. The average molecular weight is 438 g/mol. The van der Waals surface area contributed by atoms with Crippen LogP contribution in [0.4, 0.5) is 0 Å². The predicted molar refractivity (Wildman–Crippen MR) is 123 cm³/mol. The lowest BCUT2D eigenvalue weighted by Crippen LogP contribution is -2.56. The molecule has 4 fully saturated rings. The largest absolute Gasteiger partial charge is 0.384 e. The Balaban J connectivity index is 1.36. The molecule has 0 N–H and O–H groups in total. The number of methoxy groups -OCH3 is 1. The van der Waals surface area contributed by atoms with Gasteiger partial charge >= 0.3 is 0 Å². The number of fused-ring (bicyclic) bond motifs is 5. The molecule has 4 saturated carbocycles. The number of ketones is 1. The monoisotopic (exact) mass is 437 g/mol. The smallest absolute Gasteiger partial charge is 0.162 e. The van der Waals surface area contributed by atoms with Gasteiger partial charge in [-0.2, -0.15) is 10.4 Å². The lowest BCUT2D eigenvalue weighted by atomic mass is 9.44. The second-order valence-electron chi connectivity index (χ2n) is 11.8. The molecule has 1 heterocycles. The molecule has 0 saturated heterocycles. The van der Waals surface area contributed by atoms with Crippen LogP contribution in [0.15, 0.2) is 12.3 Å². The van der Waals surface area contributed by atoms with Gasteiger partial charge in [0.2, 0.25) is 0 Å². The molecule has 4 aliphatic carbocycles. The first-order chi connectivity index (χ1) is 15.4. The number of carbonyl (C=O) groups is 1. The van der Waals surface area contributed by atoms with Gasteiger partial charge in [-0.15, -0.1) is 0 Å². The molecule has 1 aromatic heterocycles. The van der Waals surface area contributed by atoms with Crippen molar-refractivity contribution in [3.63, 3.8) is 0 Å². The van der Waals surface area contributed by atoms with Gasteiger partial charge in [0.1, 0.15) is 6.07 Å². The highest BCUT2D eigenvalue weighted by Gasteiger charge is 2.62. The van der Waals surface area contributed by atoms with E-state index < -0.39 is 0 Å². The molecule has 0 aliphatic heterocycles. The Hall–Kier alpha value is -1.67. The van der Waals surface area contributed by atoms with E-state index in [4.69, 9.17) is 10.00 Å². The molecule has 5 nitrogen and oxygen atoms in total. The van der Waals surface area contributed by atoms with Gasteiger partial charge in [0.25, 0.3) is 0 Å². The number of rotatable bonds is 5. The Labute approximate surface area is 192 Å². The van der Waals surface area contributed by atoms with Crippen LogP contribution in [0.25, 0.3) is 0 Å². The minimum absolute atomic E-state index is 0.118. The van der Waals surface area contributed by atoms with Crippen LogP contribution in [0.3, 0.4) is 0 Å². The fraction of sp³-hybridized carbons (Fsp3) is 0.815. The maximum absolute atomic E-state index is 13.4. The third kappa shape index (κ3) is 3.36. The Kier molecular flexibility index (Phi) is 5.73. The third-order valence-corrected chi connectivity index (χ3v) is 10.5. The second-order valence-corrected chi connectivity index (χ2v) is 11.8. The van der Waals surface area contributed by atoms with Gasteiger partial charge in [-0.25, -0.2) is 0 Å². The first-order valence-corrected chi connectivity index (χ1v) is 12.9. The number of hydrogen-bond donors (Lipinski definition) is 0. The molecular weight excluding hydrogens is 398 g/mol. The van der Waals surface area contributed by atoms with Gasteiger partial charge < -0.3 is 4.74 Å². The van der Waals surface area contributed by atoms with E-state index in [-0.39, 0.29) is 11.3 Å². The van der Waals surface area contributed by atoms with Crippen molar-refractivity contribution in [2.24, 2.45) is 46.3 Å². The van der Waals surface area contributed by atoms with Crippen molar-refractivity contribution in [1.29, 1.82) is 5.26 Å². The number of hydrogen-bond acceptors (Lipinski definition) is 4. The van der Waals surface area contributed by atoms with Crippen LogP contribution in [-0.4, -0.2) is 29.3 Å². The molecule has 1 aromatic rings. The highest BCUT2D eigenvalue weighted by atomic mass is 16.5. The van der Waals surface area contributed by atoms with Crippen molar-refractivity contribution >= 4 is 5.78 Å². The molecule has 0 bridgehead atoms. The molecule has 8 atom stereocenters. The normalized spacial score (nSPS) is 43.1. The zero-order valence-corrected chi connectivity index (χ0v) is 20.1. The van der Waals surface area contributed by atoms with Crippen LogP contribution < -0.4 is 0 Å². The van der Waals surface area contributed by atoms with Gasteiger partial charge in [-0.05, 0) is 97.9 Å². The van der Waals surface area contributed by atoms with E-state index in [0.717, 1.165) is 36.7 Å². The van der Waals surface area contributed by atoms with Crippen molar-refractivity contribution in [2.75, 3.05) is 13.7 Å². The summed E-state index contributed by atoms with van der Waals surface area (Å²) < 4.78 is 7.57. The highest BCUT2D eigenvalue weighted by Crippen LogP contribution is 2.68. The first kappa shape index (κ1) is 22.1. The number of carbonyl (C=O) groups excluding carboxylic acids is 1. The second kappa shape index (κ2) is 8.28. The molecular formula is C27H39N3O2. The van der Waals surface area contributed by atoms with Gasteiger partial charge in [-0.1, -0.05) is 20.3 Å². The van der Waals surface area contributed by atoms with E-state index in [0.29, 0.717) is 29.4 Å². The van der Waals surface area contributed by atoms with Gasteiger partial charge in [0.15, 0.2) is 11.5 Å². The Bertz CT molecular complexity index is 903. The van der Waals surface area contributed by atoms with Gasteiger partial charge in [-0.3, -0.25) is 9.48 Å². The van der Waals surface area contributed by atoms with E-state index in [1.54, 1.807) is 16.9 Å². The molecule has 32 heavy (non-hydrogen) atoms.